The van der Waals surface area contributed by atoms with Crippen LogP contribution in [-0.2, 0) is 23.8 Å². The Hall–Kier alpha value is -2.45. The predicted octanol–water partition coefficient (Wildman–Crippen LogP) is 1.45. The molecule has 0 aliphatic heterocycles. The van der Waals surface area contributed by atoms with Gasteiger partial charge in [0.2, 0.25) is 0 Å². The van der Waals surface area contributed by atoms with Crippen molar-refractivity contribution in [2.24, 2.45) is 5.73 Å². The Morgan fingerprint density at radius 3 is 2.23 bits per heavy atom. The Balaban J connectivity index is 2.84. The average molecular weight is 367 g/mol. The number of ketones is 1. The van der Waals surface area contributed by atoms with E-state index in [1.807, 2.05) is 0 Å². The molecule has 144 valence electrons. The first-order chi connectivity index (χ1) is 12.2. The quantitative estimate of drug-likeness (QED) is 0.396. The van der Waals surface area contributed by atoms with Crippen LogP contribution in [0.4, 0.5) is 0 Å². The van der Waals surface area contributed by atoms with Gasteiger partial charge in [-0.1, -0.05) is 0 Å². The molecule has 1 aromatic rings. The molecule has 8 nitrogen and oxygen atoms in total. The molecule has 0 radical (unpaired) electrons. The molecule has 1 unspecified atom stereocenters. The number of rotatable bonds is 9. The maximum atomic E-state index is 12.3. The number of esters is 2. The molecule has 8 heteroatoms. The van der Waals surface area contributed by atoms with Crippen LogP contribution in [0.2, 0.25) is 0 Å². The van der Waals surface area contributed by atoms with Crippen molar-refractivity contribution >= 4 is 17.7 Å². The molecule has 26 heavy (non-hydrogen) atoms. The summed E-state index contributed by atoms with van der Waals surface area (Å²) in [4.78, 5) is 35.3. The molecule has 0 saturated heterocycles. The lowest BCUT2D eigenvalue weighted by molar-refractivity contribution is -0.191. The lowest BCUT2D eigenvalue weighted by atomic mass is 10.1. The van der Waals surface area contributed by atoms with Crippen LogP contribution >= 0.6 is 0 Å². The van der Waals surface area contributed by atoms with Gasteiger partial charge < -0.3 is 24.7 Å². The van der Waals surface area contributed by atoms with Crippen LogP contribution in [0.15, 0.2) is 24.3 Å². The largest absolute Gasteiger partial charge is 0.464 e. The molecular formula is C18H25NO7. The number of hydrogen-bond donors (Lipinski definition) is 1. The normalized spacial score (nSPS) is 12.2. The zero-order valence-electron chi connectivity index (χ0n) is 15.4. The van der Waals surface area contributed by atoms with E-state index in [1.165, 1.54) is 24.3 Å². The molecular weight excluding hydrogens is 342 g/mol. The fourth-order valence-electron chi connectivity index (χ4n) is 1.81. The molecule has 0 amide bonds. The van der Waals surface area contributed by atoms with Gasteiger partial charge in [-0.05, 0) is 52.0 Å². The van der Waals surface area contributed by atoms with Gasteiger partial charge in [-0.25, -0.2) is 9.59 Å². The van der Waals surface area contributed by atoms with Crippen LogP contribution < -0.4 is 10.5 Å². The number of hydrogen-bond acceptors (Lipinski definition) is 8. The van der Waals surface area contributed by atoms with Crippen LogP contribution in [-0.4, -0.2) is 49.4 Å². The van der Waals surface area contributed by atoms with Gasteiger partial charge in [0.1, 0.15) is 18.0 Å². The SMILES string of the molecule is CCOC(=O)COC(Oc1ccc(C(=O)CN)cc1)C(=O)OC(C)(C)C. The summed E-state index contributed by atoms with van der Waals surface area (Å²) in [7, 11) is 0. The van der Waals surface area contributed by atoms with Gasteiger partial charge in [0.05, 0.1) is 13.2 Å². The minimum atomic E-state index is -1.46. The van der Waals surface area contributed by atoms with Crippen LogP contribution in [0, 0.1) is 0 Å². The van der Waals surface area contributed by atoms with Crippen molar-refractivity contribution in [2.75, 3.05) is 19.8 Å². The molecule has 1 atom stereocenters. The number of Topliss-reactive ketones (excluding diaryl/α,β-unsaturated/α-hetero) is 1. The summed E-state index contributed by atoms with van der Waals surface area (Å²) in [6, 6.07) is 6.02. The Morgan fingerprint density at radius 1 is 1.12 bits per heavy atom. The van der Waals surface area contributed by atoms with Gasteiger partial charge in [-0.15, -0.1) is 0 Å². The zero-order chi connectivity index (χ0) is 19.7. The highest BCUT2D eigenvalue weighted by Crippen LogP contribution is 2.17. The van der Waals surface area contributed by atoms with E-state index in [2.05, 4.69) is 0 Å². The summed E-state index contributed by atoms with van der Waals surface area (Å²) in [6.07, 6.45) is -1.46. The summed E-state index contributed by atoms with van der Waals surface area (Å²) >= 11 is 0. The predicted molar refractivity (Wildman–Crippen MR) is 92.7 cm³/mol. The number of benzene rings is 1. The third-order valence-corrected chi connectivity index (χ3v) is 2.86. The van der Waals surface area contributed by atoms with E-state index in [-0.39, 0.29) is 24.7 Å². The Labute approximate surface area is 152 Å². The molecule has 0 aromatic heterocycles. The van der Waals surface area contributed by atoms with Gasteiger partial charge in [-0.3, -0.25) is 4.79 Å². The molecule has 0 bridgehead atoms. The number of carbonyl (C=O) groups excluding carboxylic acids is 3. The Bertz CT molecular complexity index is 619. The first-order valence-corrected chi connectivity index (χ1v) is 8.16. The zero-order valence-corrected chi connectivity index (χ0v) is 15.4. The minimum Gasteiger partial charge on any atom is -0.464 e. The van der Waals surface area contributed by atoms with Crippen molar-refractivity contribution in [3.8, 4) is 5.75 Å². The number of nitrogens with two attached hydrogens (primary N) is 1. The highest BCUT2D eigenvalue weighted by molar-refractivity contribution is 5.97. The lowest BCUT2D eigenvalue weighted by Crippen LogP contribution is -2.38. The molecule has 0 aliphatic carbocycles. The van der Waals surface area contributed by atoms with Crippen molar-refractivity contribution in [1.29, 1.82) is 0 Å². The van der Waals surface area contributed by atoms with Crippen molar-refractivity contribution in [2.45, 2.75) is 39.6 Å². The minimum absolute atomic E-state index is 0.108. The van der Waals surface area contributed by atoms with Crippen molar-refractivity contribution in [3.05, 3.63) is 29.8 Å². The van der Waals surface area contributed by atoms with Crippen LogP contribution in [0.5, 0.6) is 5.75 Å². The summed E-state index contributed by atoms with van der Waals surface area (Å²) in [5.74, 6) is -1.38. The lowest BCUT2D eigenvalue weighted by Gasteiger charge is -2.24. The average Bonchev–Trinajstić information content (AvgIpc) is 2.57. The molecule has 0 saturated carbocycles. The van der Waals surface area contributed by atoms with Crippen molar-refractivity contribution in [3.63, 3.8) is 0 Å². The van der Waals surface area contributed by atoms with Gasteiger partial charge in [0.15, 0.2) is 5.78 Å². The molecule has 0 fully saturated rings. The molecule has 0 spiro atoms. The second-order valence-corrected chi connectivity index (χ2v) is 6.25. The van der Waals surface area contributed by atoms with E-state index >= 15 is 0 Å². The second kappa shape index (κ2) is 9.88. The fraction of sp³-hybridized carbons (Fsp3) is 0.500. The highest BCUT2D eigenvalue weighted by atomic mass is 16.7. The van der Waals surface area contributed by atoms with E-state index < -0.39 is 30.4 Å². The summed E-state index contributed by atoms with van der Waals surface area (Å²) in [5, 5.41) is 0. The van der Waals surface area contributed by atoms with Gasteiger partial charge in [0, 0.05) is 5.56 Å². The van der Waals surface area contributed by atoms with Crippen molar-refractivity contribution < 1.29 is 33.3 Å². The first-order valence-electron chi connectivity index (χ1n) is 8.16. The summed E-state index contributed by atoms with van der Waals surface area (Å²) < 4.78 is 20.7. The van der Waals surface area contributed by atoms with E-state index in [1.54, 1.807) is 27.7 Å². The highest BCUT2D eigenvalue weighted by Gasteiger charge is 2.28. The van der Waals surface area contributed by atoms with Crippen LogP contribution in [0.3, 0.4) is 0 Å². The van der Waals surface area contributed by atoms with E-state index in [4.69, 9.17) is 24.7 Å². The van der Waals surface area contributed by atoms with E-state index in [0.29, 0.717) is 5.56 Å². The molecule has 0 aliphatic rings. The van der Waals surface area contributed by atoms with Crippen molar-refractivity contribution in [1.82, 2.24) is 0 Å². The third kappa shape index (κ3) is 7.62. The van der Waals surface area contributed by atoms with Gasteiger partial charge >= 0.3 is 11.9 Å². The second-order valence-electron chi connectivity index (χ2n) is 6.25. The summed E-state index contributed by atoms with van der Waals surface area (Å²) in [5.41, 5.74) is 4.97. The van der Waals surface area contributed by atoms with E-state index in [0.717, 1.165) is 0 Å². The Kier molecular flexibility index (Phi) is 8.21. The van der Waals surface area contributed by atoms with Gasteiger partial charge in [0.25, 0.3) is 6.29 Å². The first kappa shape index (κ1) is 21.6. The Morgan fingerprint density at radius 2 is 1.73 bits per heavy atom. The van der Waals surface area contributed by atoms with Crippen LogP contribution in [0.1, 0.15) is 38.1 Å². The number of ether oxygens (including phenoxy) is 4. The third-order valence-electron chi connectivity index (χ3n) is 2.86. The van der Waals surface area contributed by atoms with E-state index in [9.17, 15) is 14.4 Å². The van der Waals surface area contributed by atoms with Gasteiger partial charge in [-0.2, -0.15) is 0 Å². The number of carbonyl (C=O) groups is 3. The molecule has 1 rings (SSSR count). The fourth-order valence-corrected chi connectivity index (χ4v) is 1.81. The maximum absolute atomic E-state index is 12.3. The standard InChI is InChI=1S/C18H25NO7/c1-5-23-15(21)11-24-17(16(22)26-18(2,3)4)25-13-8-6-12(7-9-13)14(20)10-19/h6-9,17H,5,10-11,19H2,1-4H3. The topological polar surface area (TPSA) is 114 Å². The summed E-state index contributed by atoms with van der Waals surface area (Å²) in [6.45, 7) is 6.35. The monoisotopic (exact) mass is 367 g/mol. The van der Waals surface area contributed by atoms with Crippen LogP contribution in [0.25, 0.3) is 0 Å². The smallest absolute Gasteiger partial charge is 0.376 e. The maximum Gasteiger partial charge on any atom is 0.376 e. The molecule has 1 aromatic carbocycles. The molecule has 0 heterocycles. The molecule has 2 N–H and O–H groups in total.